The highest BCUT2D eigenvalue weighted by Gasteiger charge is 1.98. The van der Waals surface area contributed by atoms with Gasteiger partial charge in [-0.3, -0.25) is 4.79 Å². The highest BCUT2D eigenvalue weighted by molar-refractivity contribution is 5.79. The Labute approximate surface area is 105 Å². The normalized spacial score (nSPS) is 9.67. The Bertz CT molecular complexity index is 584. The first-order valence-electron chi connectivity index (χ1n) is 5.76. The lowest BCUT2D eigenvalue weighted by Crippen LogP contribution is -1.97. The molecule has 4 heteroatoms. The van der Waals surface area contributed by atoms with E-state index in [1.54, 1.807) is 6.07 Å². The van der Waals surface area contributed by atoms with Gasteiger partial charge in [-0.25, -0.2) is 4.79 Å². The average Bonchev–Trinajstić information content (AvgIpc) is 2.29. The van der Waals surface area contributed by atoms with Crippen LogP contribution in [0.4, 0.5) is 0 Å². The molecule has 18 heavy (non-hydrogen) atoms. The summed E-state index contributed by atoms with van der Waals surface area (Å²) in [7, 11) is 0. The van der Waals surface area contributed by atoms with Crippen LogP contribution in [0.3, 0.4) is 0 Å². The van der Waals surface area contributed by atoms with E-state index >= 15 is 0 Å². The lowest BCUT2D eigenvalue weighted by molar-refractivity contribution is -0.137. The van der Waals surface area contributed by atoms with Crippen molar-refractivity contribution in [2.24, 2.45) is 0 Å². The van der Waals surface area contributed by atoms with E-state index in [1.807, 2.05) is 32.0 Å². The molecule has 96 valence electrons. The number of hydrogen-bond donors (Lipinski definition) is 1. The van der Waals surface area contributed by atoms with Gasteiger partial charge in [-0.1, -0.05) is 25.1 Å². The second-order valence-corrected chi connectivity index (χ2v) is 3.89. The molecule has 0 aliphatic heterocycles. The Morgan fingerprint density at radius 1 is 1.33 bits per heavy atom. The number of carboxylic acid groups (broad SMARTS) is 1. The molecule has 1 aromatic carbocycles. The predicted molar refractivity (Wildman–Crippen MR) is 69.8 cm³/mol. The van der Waals surface area contributed by atoms with Gasteiger partial charge in [0.15, 0.2) is 0 Å². The second-order valence-electron chi connectivity index (χ2n) is 3.89. The number of aryl methyl sites for hydroxylation is 1. The number of benzene rings is 1. The van der Waals surface area contributed by atoms with Crippen LogP contribution in [-0.4, -0.2) is 11.1 Å². The van der Waals surface area contributed by atoms with E-state index in [-0.39, 0.29) is 5.63 Å². The summed E-state index contributed by atoms with van der Waals surface area (Å²) >= 11 is 0. The number of rotatable bonds is 2. The Kier molecular flexibility index (Phi) is 5.11. The first-order chi connectivity index (χ1) is 8.54. The predicted octanol–water partition coefficient (Wildman–Crippen LogP) is 2.97. The monoisotopic (exact) mass is 248 g/mol. The zero-order valence-corrected chi connectivity index (χ0v) is 10.5. The van der Waals surface area contributed by atoms with E-state index in [0.717, 1.165) is 17.4 Å². The standard InChI is InChI=1S/C10H8O2.C4H8O2/c1-7-6-10(11)12-9-5-3-2-4-8(7)9;1-2-3-4(5)6/h2-6H,1H3;2-3H2,1H3,(H,5,6). The van der Waals surface area contributed by atoms with Crippen molar-refractivity contribution in [2.75, 3.05) is 0 Å². The van der Waals surface area contributed by atoms with E-state index in [0.29, 0.717) is 12.0 Å². The van der Waals surface area contributed by atoms with Gasteiger partial charge in [-0.2, -0.15) is 0 Å². The number of aliphatic carboxylic acids is 1. The van der Waals surface area contributed by atoms with Crippen molar-refractivity contribution in [1.29, 1.82) is 0 Å². The lowest BCUT2D eigenvalue weighted by Gasteiger charge is -1.97. The van der Waals surface area contributed by atoms with E-state index in [4.69, 9.17) is 9.52 Å². The molecule has 2 rings (SSSR count). The third-order valence-electron chi connectivity index (χ3n) is 2.32. The molecule has 4 nitrogen and oxygen atoms in total. The van der Waals surface area contributed by atoms with Gasteiger partial charge in [0.1, 0.15) is 5.58 Å². The minimum absolute atomic E-state index is 0.286. The van der Waals surface area contributed by atoms with E-state index in [1.165, 1.54) is 6.07 Å². The number of para-hydroxylation sites is 1. The molecule has 0 radical (unpaired) electrons. The molecule has 0 spiro atoms. The summed E-state index contributed by atoms with van der Waals surface area (Å²) in [5.74, 6) is -0.711. The molecule has 1 aromatic heterocycles. The third-order valence-corrected chi connectivity index (χ3v) is 2.32. The summed E-state index contributed by atoms with van der Waals surface area (Å²) < 4.78 is 4.99. The molecule has 0 aliphatic carbocycles. The summed E-state index contributed by atoms with van der Waals surface area (Å²) in [6.07, 6.45) is 1.02. The van der Waals surface area contributed by atoms with Gasteiger partial charge in [0.05, 0.1) is 0 Å². The van der Waals surface area contributed by atoms with Crippen molar-refractivity contribution in [3.63, 3.8) is 0 Å². The van der Waals surface area contributed by atoms with Crippen molar-refractivity contribution >= 4 is 16.9 Å². The van der Waals surface area contributed by atoms with E-state index in [9.17, 15) is 9.59 Å². The number of carboxylic acids is 1. The van der Waals surface area contributed by atoms with Crippen LogP contribution in [0.5, 0.6) is 0 Å². The van der Waals surface area contributed by atoms with Crippen LogP contribution in [0.2, 0.25) is 0 Å². The fraction of sp³-hybridized carbons (Fsp3) is 0.286. The number of fused-ring (bicyclic) bond motifs is 1. The van der Waals surface area contributed by atoms with Crippen molar-refractivity contribution in [1.82, 2.24) is 0 Å². The smallest absolute Gasteiger partial charge is 0.336 e. The highest BCUT2D eigenvalue weighted by Crippen LogP contribution is 2.14. The van der Waals surface area contributed by atoms with Crippen LogP contribution < -0.4 is 5.63 Å². The topological polar surface area (TPSA) is 67.5 Å². The number of hydrogen-bond acceptors (Lipinski definition) is 3. The fourth-order valence-corrected chi connectivity index (χ4v) is 1.49. The molecule has 1 N–H and O–H groups in total. The largest absolute Gasteiger partial charge is 0.481 e. The van der Waals surface area contributed by atoms with Gasteiger partial charge in [0.2, 0.25) is 0 Å². The zero-order valence-electron chi connectivity index (χ0n) is 10.5. The van der Waals surface area contributed by atoms with Crippen molar-refractivity contribution in [3.05, 3.63) is 46.3 Å². The van der Waals surface area contributed by atoms with Crippen LogP contribution in [0.25, 0.3) is 11.0 Å². The van der Waals surface area contributed by atoms with Crippen LogP contribution in [0.15, 0.2) is 39.5 Å². The van der Waals surface area contributed by atoms with E-state index in [2.05, 4.69) is 0 Å². The van der Waals surface area contributed by atoms with Gasteiger partial charge in [0, 0.05) is 17.9 Å². The summed E-state index contributed by atoms with van der Waals surface area (Å²) in [6.45, 7) is 3.74. The first-order valence-corrected chi connectivity index (χ1v) is 5.76. The third kappa shape index (κ3) is 4.05. The highest BCUT2D eigenvalue weighted by atomic mass is 16.4. The Morgan fingerprint density at radius 3 is 2.56 bits per heavy atom. The number of carbonyl (C=O) groups is 1. The van der Waals surface area contributed by atoms with Gasteiger partial charge in [0.25, 0.3) is 0 Å². The Morgan fingerprint density at radius 2 is 2.00 bits per heavy atom. The summed E-state index contributed by atoms with van der Waals surface area (Å²) in [4.78, 5) is 20.5. The zero-order chi connectivity index (χ0) is 13.5. The molecule has 2 aromatic rings. The SMILES string of the molecule is CCCC(=O)O.Cc1cc(=O)oc2ccccc12. The minimum Gasteiger partial charge on any atom is -0.481 e. The van der Waals surface area contributed by atoms with Crippen LogP contribution in [0.1, 0.15) is 25.3 Å². The summed E-state index contributed by atoms with van der Waals surface area (Å²) in [5, 5.41) is 8.91. The maximum Gasteiger partial charge on any atom is 0.336 e. The molecule has 0 aliphatic rings. The molecule has 0 fully saturated rings. The Balaban J connectivity index is 0.000000232. The van der Waals surface area contributed by atoms with E-state index < -0.39 is 5.97 Å². The lowest BCUT2D eigenvalue weighted by atomic mass is 10.1. The second kappa shape index (κ2) is 6.59. The molecule has 0 saturated carbocycles. The first kappa shape index (κ1) is 14.0. The van der Waals surface area contributed by atoms with Crippen molar-refractivity contribution in [2.45, 2.75) is 26.7 Å². The van der Waals surface area contributed by atoms with Gasteiger partial charge < -0.3 is 9.52 Å². The van der Waals surface area contributed by atoms with Gasteiger partial charge in [-0.15, -0.1) is 0 Å². The van der Waals surface area contributed by atoms with Crippen molar-refractivity contribution in [3.8, 4) is 0 Å². The average molecular weight is 248 g/mol. The Hall–Kier alpha value is -2.10. The summed E-state index contributed by atoms with van der Waals surface area (Å²) in [5.41, 5.74) is 1.33. The quantitative estimate of drug-likeness (QED) is 0.829. The maximum atomic E-state index is 10.9. The van der Waals surface area contributed by atoms with Crippen LogP contribution in [-0.2, 0) is 4.79 Å². The molecule has 0 unspecified atom stereocenters. The molecule has 0 bridgehead atoms. The molecule has 0 saturated heterocycles. The molecule has 0 amide bonds. The van der Waals surface area contributed by atoms with Gasteiger partial charge >= 0.3 is 11.6 Å². The molecule has 0 atom stereocenters. The maximum absolute atomic E-state index is 10.9. The summed E-state index contributed by atoms with van der Waals surface area (Å²) in [6, 6.07) is 9.01. The van der Waals surface area contributed by atoms with Gasteiger partial charge in [-0.05, 0) is 25.0 Å². The molecular weight excluding hydrogens is 232 g/mol. The fourth-order valence-electron chi connectivity index (χ4n) is 1.49. The molecular formula is C14H16O4. The minimum atomic E-state index is -0.711. The molecule has 1 heterocycles. The van der Waals surface area contributed by atoms with Crippen LogP contribution >= 0.6 is 0 Å². The van der Waals surface area contributed by atoms with Crippen LogP contribution in [0, 0.1) is 6.92 Å². The van der Waals surface area contributed by atoms with Crippen molar-refractivity contribution < 1.29 is 14.3 Å².